The van der Waals surface area contributed by atoms with Gasteiger partial charge in [-0.25, -0.2) is 0 Å². The Morgan fingerprint density at radius 3 is 2.24 bits per heavy atom. The molecule has 0 radical (unpaired) electrons. The van der Waals surface area contributed by atoms with Crippen molar-refractivity contribution in [2.24, 2.45) is 57.6 Å². The summed E-state index contributed by atoms with van der Waals surface area (Å²) in [6.07, 6.45) is 16.3. The zero-order valence-electron chi connectivity index (χ0n) is 27.0. The fourth-order valence-corrected chi connectivity index (χ4v) is 9.26. The van der Waals surface area contributed by atoms with E-state index in [2.05, 4.69) is 20.8 Å². The summed E-state index contributed by atoms with van der Waals surface area (Å²) in [6, 6.07) is 0. The van der Waals surface area contributed by atoms with Crippen LogP contribution in [0, 0.1) is 40.4 Å². The minimum absolute atomic E-state index is 0.209. The topological polar surface area (TPSA) is 126 Å². The normalized spacial score (nSPS) is 36.4. The highest BCUT2D eigenvalue weighted by molar-refractivity contribution is 5.08. The largest absolute Gasteiger partial charge is 0.396 e. The highest BCUT2D eigenvalue weighted by Crippen LogP contribution is 2.64. The van der Waals surface area contributed by atoms with Gasteiger partial charge in [0.1, 0.15) is 0 Å². The van der Waals surface area contributed by atoms with Gasteiger partial charge in [-0.05, 0) is 150 Å². The molecular formula is C34H67N3O4. The van der Waals surface area contributed by atoms with Gasteiger partial charge >= 0.3 is 0 Å². The number of ether oxygens (including phenoxy) is 3. The van der Waals surface area contributed by atoms with Crippen LogP contribution in [0.25, 0.3) is 0 Å². The lowest BCUT2D eigenvalue weighted by Gasteiger charge is -2.57. The second-order valence-corrected chi connectivity index (χ2v) is 14.3. The molecule has 0 aliphatic heterocycles. The van der Waals surface area contributed by atoms with Crippen LogP contribution in [0.2, 0.25) is 0 Å². The van der Waals surface area contributed by atoms with Gasteiger partial charge in [0.05, 0.1) is 12.2 Å². The second kappa shape index (κ2) is 17.9. The Hall–Kier alpha value is -0.280. The van der Waals surface area contributed by atoms with Crippen molar-refractivity contribution in [3.05, 3.63) is 0 Å². The summed E-state index contributed by atoms with van der Waals surface area (Å²) in [5.41, 5.74) is 17.8. The minimum Gasteiger partial charge on any atom is -0.396 e. The van der Waals surface area contributed by atoms with Gasteiger partial charge in [-0.15, -0.1) is 0 Å². The van der Waals surface area contributed by atoms with Gasteiger partial charge in [0.2, 0.25) is 0 Å². The van der Waals surface area contributed by atoms with Crippen molar-refractivity contribution < 1.29 is 19.3 Å². The molecular weight excluding hydrogens is 514 g/mol. The fourth-order valence-electron chi connectivity index (χ4n) is 9.26. The van der Waals surface area contributed by atoms with Crippen LogP contribution in [0.15, 0.2) is 0 Å². The van der Waals surface area contributed by atoms with Gasteiger partial charge in [0, 0.05) is 33.0 Å². The van der Waals surface area contributed by atoms with Crippen LogP contribution in [0.5, 0.6) is 0 Å². The summed E-state index contributed by atoms with van der Waals surface area (Å²) in [4.78, 5) is 0. The highest BCUT2D eigenvalue weighted by Gasteiger charge is 2.59. The molecule has 7 N–H and O–H groups in total. The van der Waals surface area contributed by atoms with E-state index in [1.807, 2.05) is 0 Å². The Balaban J connectivity index is 1.77. The maximum atomic E-state index is 9.51. The van der Waals surface area contributed by atoms with Crippen molar-refractivity contribution in [3.63, 3.8) is 0 Å². The lowest BCUT2D eigenvalue weighted by molar-refractivity contribution is -0.152. The molecule has 0 saturated heterocycles. The number of rotatable bonds is 20. The third-order valence-electron chi connectivity index (χ3n) is 11.9. The number of hydrogen-bond acceptors (Lipinski definition) is 7. The van der Waals surface area contributed by atoms with Crippen LogP contribution in [-0.4, -0.2) is 70.0 Å². The smallest absolute Gasteiger partial charge is 0.0636 e. The van der Waals surface area contributed by atoms with E-state index in [4.69, 9.17) is 31.4 Å². The molecule has 0 aromatic carbocycles. The minimum atomic E-state index is 0.209. The Bertz CT molecular complexity index is 713. The SMILES string of the molecule is C[C@H](CCCO)[C@H]1CC[C@H]2C[C@@H]([C@@]3(C)CC[C@@H](OCCCCN)C[C@H]3CCOCCCN)C[C@H](OCCCN)[C@@]21C. The van der Waals surface area contributed by atoms with Crippen LogP contribution < -0.4 is 17.2 Å². The predicted octanol–water partition coefficient (Wildman–Crippen LogP) is 5.26. The summed E-state index contributed by atoms with van der Waals surface area (Å²) in [6.45, 7) is 13.2. The molecule has 7 heteroatoms. The first kappa shape index (κ1) is 35.2. The van der Waals surface area contributed by atoms with E-state index < -0.39 is 0 Å². The van der Waals surface area contributed by atoms with E-state index in [1.165, 1.54) is 25.7 Å². The molecule has 41 heavy (non-hydrogen) atoms. The Morgan fingerprint density at radius 1 is 0.780 bits per heavy atom. The first-order valence-electron chi connectivity index (χ1n) is 17.4. The lowest BCUT2D eigenvalue weighted by atomic mass is 9.50. The lowest BCUT2D eigenvalue weighted by Crippen LogP contribution is -2.54. The highest BCUT2D eigenvalue weighted by atomic mass is 16.5. The van der Waals surface area contributed by atoms with Crippen molar-refractivity contribution in [1.82, 2.24) is 0 Å². The third kappa shape index (κ3) is 9.12. The number of hydrogen-bond donors (Lipinski definition) is 4. The van der Waals surface area contributed by atoms with Crippen molar-refractivity contribution in [1.29, 1.82) is 0 Å². The molecule has 0 heterocycles. The van der Waals surface area contributed by atoms with Gasteiger partial charge in [0.25, 0.3) is 0 Å². The molecule has 242 valence electrons. The van der Waals surface area contributed by atoms with E-state index in [-0.39, 0.29) is 16.9 Å². The number of aliphatic hydroxyl groups excluding tert-OH is 1. The standard InChI is InChI=1S/C34H67N3O4/c1-26(9-6-18-38)31-11-10-28-23-29(25-32(34(28,31)3)41-21-8-17-37)33(2)14-12-30(40-20-5-4-15-35)24-27(33)13-22-39-19-7-16-36/h26-32,38H,4-25,35-37H2,1-3H3/t26-,27-,28+,29-,30-,31-,32+,33+,34+/m1/s1. The molecule has 7 nitrogen and oxygen atoms in total. The molecule has 0 aromatic heterocycles. The number of aliphatic hydroxyl groups is 1. The van der Waals surface area contributed by atoms with Crippen LogP contribution >= 0.6 is 0 Å². The summed E-state index contributed by atoms with van der Waals surface area (Å²) in [7, 11) is 0. The Kier molecular flexibility index (Phi) is 15.3. The summed E-state index contributed by atoms with van der Waals surface area (Å²) >= 11 is 0. The molecule has 0 unspecified atom stereocenters. The van der Waals surface area contributed by atoms with Crippen molar-refractivity contribution in [2.75, 3.05) is 52.7 Å². The van der Waals surface area contributed by atoms with E-state index in [0.717, 1.165) is 97.2 Å². The predicted molar refractivity (Wildman–Crippen MR) is 169 cm³/mol. The second-order valence-electron chi connectivity index (χ2n) is 14.3. The quantitative estimate of drug-likeness (QED) is 0.145. The van der Waals surface area contributed by atoms with Gasteiger partial charge in [0.15, 0.2) is 0 Å². The van der Waals surface area contributed by atoms with Crippen molar-refractivity contribution in [2.45, 2.75) is 123 Å². The van der Waals surface area contributed by atoms with E-state index in [1.54, 1.807) is 0 Å². The molecule has 9 atom stereocenters. The molecule has 3 saturated carbocycles. The number of unbranched alkanes of at least 4 members (excludes halogenated alkanes) is 1. The van der Waals surface area contributed by atoms with Crippen LogP contribution in [0.3, 0.4) is 0 Å². The number of nitrogens with two attached hydrogens (primary N) is 3. The Morgan fingerprint density at radius 2 is 1.51 bits per heavy atom. The number of fused-ring (bicyclic) bond motifs is 1. The third-order valence-corrected chi connectivity index (χ3v) is 11.9. The molecule has 0 aromatic rings. The van der Waals surface area contributed by atoms with E-state index in [9.17, 15) is 5.11 Å². The van der Waals surface area contributed by atoms with E-state index >= 15 is 0 Å². The molecule has 0 amide bonds. The molecule has 3 aliphatic carbocycles. The Labute approximate surface area is 252 Å². The van der Waals surface area contributed by atoms with Gasteiger partial charge < -0.3 is 36.5 Å². The molecule has 3 fully saturated rings. The van der Waals surface area contributed by atoms with Crippen molar-refractivity contribution >= 4 is 0 Å². The van der Waals surface area contributed by atoms with Crippen LogP contribution in [0.4, 0.5) is 0 Å². The van der Waals surface area contributed by atoms with Crippen molar-refractivity contribution in [3.8, 4) is 0 Å². The molecule has 3 aliphatic rings. The molecule has 3 rings (SSSR count). The summed E-state index contributed by atoms with van der Waals surface area (Å²) < 4.78 is 19.3. The molecule has 0 spiro atoms. The van der Waals surface area contributed by atoms with Gasteiger partial charge in [-0.1, -0.05) is 20.8 Å². The maximum absolute atomic E-state index is 9.51. The molecule has 0 bridgehead atoms. The average Bonchev–Trinajstić information content (AvgIpc) is 3.32. The monoisotopic (exact) mass is 582 g/mol. The van der Waals surface area contributed by atoms with Gasteiger partial charge in [-0.3, -0.25) is 0 Å². The first-order chi connectivity index (χ1) is 19.8. The van der Waals surface area contributed by atoms with Crippen LogP contribution in [-0.2, 0) is 14.2 Å². The van der Waals surface area contributed by atoms with E-state index in [0.29, 0.717) is 55.4 Å². The first-order valence-corrected chi connectivity index (χ1v) is 17.4. The average molecular weight is 582 g/mol. The summed E-state index contributed by atoms with van der Waals surface area (Å²) in [5, 5.41) is 9.51. The van der Waals surface area contributed by atoms with Crippen LogP contribution in [0.1, 0.15) is 111 Å². The maximum Gasteiger partial charge on any atom is 0.0636 e. The van der Waals surface area contributed by atoms with Gasteiger partial charge in [-0.2, -0.15) is 0 Å². The zero-order chi connectivity index (χ0) is 29.7. The zero-order valence-corrected chi connectivity index (χ0v) is 27.0. The summed E-state index contributed by atoms with van der Waals surface area (Å²) in [5.74, 6) is 3.24. The fraction of sp³-hybridized carbons (Fsp3) is 1.00.